The second-order valence-electron chi connectivity index (χ2n) is 5.68. The number of hydrogen-bond donors (Lipinski definition) is 0. The minimum Gasteiger partial charge on any atom is -0.236 e. The summed E-state index contributed by atoms with van der Waals surface area (Å²) in [6.45, 7) is 6.59. The second-order valence-corrected chi connectivity index (χ2v) is 6.83. The van der Waals surface area contributed by atoms with Crippen LogP contribution in [0.25, 0.3) is 0 Å². The van der Waals surface area contributed by atoms with Crippen molar-refractivity contribution in [2.45, 2.75) is 58.3 Å². The Morgan fingerprint density at radius 3 is 2.33 bits per heavy atom. The van der Waals surface area contributed by atoms with Gasteiger partial charge in [-0.1, -0.05) is 45.2 Å². The van der Waals surface area contributed by atoms with Gasteiger partial charge in [0.25, 0.3) is 0 Å². The van der Waals surface area contributed by atoms with Crippen molar-refractivity contribution in [3.05, 3.63) is 21.1 Å². The summed E-state index contributed by atoms with van der Waals surface area (Å²) in [4.78, 5) is 9.21. The summed E-state index contributed by atoms with van der Waals surface area (Å²) in [6.07, 6.45) is 4.94. The third-order valence-corrected chi connectivity index (χ3v) is 5.07. The van der Waals surface area contributed by atoms with E-state index < -0.39 is 0 Å². The lowest BCUT2D eigenvalue weighted by atomic mass is 9.82. The van der Waals surface area contributed by atoms with E-state index in [1.807, 2.05) is 0 Å². The van der Waals surface area contributed by atoms with E-state index in [1.165, 1.54) is 25.7 Å². The fraction of sp³-hybridized carbons (Fsp3) is 0.714. The molecule has 1 aliphatic rings. The van der Waals surface area contributed by atoms with Crippen molar-refractivity contribution in [1.29, 1.82) is 0 Å². The largest absolute Gasteiger partial charge is 0.236 e. The predicted molar refractivity (Wildman–Crippen MR) is 79.2 cm³/mol. The van der Waals surface area contributed by atoms with Crippen LogP contribution in [0.15, 0.2) is 4.47 Å². The molecular formula is C14H20BrClN2. The Balaban J connectivity index is 2.28. The average molecular weight is 332 g/mol. The van der Waals surface area contributed by atoms with Crippen molar-refractivity contribution in [3.8, 4) is 0 Å². The van der Waals surface area contributed by atoms with Crippen LogP contribution in [0.3, 0.4) is 0 Å². The molecule has 0 spiro atoms. The van der Waals surface area contributed by atoms with Gasteiger partial charge in [0.05, 0.1) is 10.2 Å². The summed E-state index contributed by atoms with van der Waals surface area (Å²) in [7, 11) is 0. The molecule has 0 saturated heterocycles. The molecule has 2 rings (SSSR count). The van der Waals surface area contributed by atoms with Gasteiger partial charge in [0.1, 0.15) is 11.0 Å². The molecule has 0 unspecified atom stereocenters. The molecule has 0 N–H and O–H groups in total. The zero-order valence-electron chi connectivity index (χ0n) is 11.2. The first-order chi connectivity index (χ1) is 8.49. The molecule has 1 aromatic rings. The van der Waals surface area contributed by atoms with E-state index in [0.29, 0.717) is 17.0 Å². The highest BCUT2D eigenvalue weighted by Crippen LogP contribution is 2.36. The minimum atomic E-state index is 0.362. The normalized spacial score (nSPS) is 24.6. The summed E-state index contributed by atoms with van der Waals surface area (Å²) in [5.74, 6) is 2.64. The molecule has 100 valence electrons. The summed E-state index contributed by atoms with van der Waals surface area (Å²) in [5.41, 5.74) is 1.03. The molecule has 0 bridgehead atoms. The zero-order valence-corrected chi connectivity index (χ0v) is 13.6. The molecule has 0 radical (unpaired) electrons. The number of hydrogen-bond acceptors (Lipinski definition) is 2. The van der Waals surface area contributed by atoms with Crippen molar-refractivity contribution in [1.82, 2.24) is 9.97 Å². The Morgan fingerprint density at radius 2 is 1.78 bits per heavy atom. The third-order valence-electron chi connectivity index (χ3n) is 3.78. The molecule has 4 heteroatoms. The summed E-state index contributed by atoms with van der Waals surface area (Å²) < 4.78 is 0.854. The second kappa shape index (κ2) is 5.87. The molecule has 1 saturated carbocycles. The molecule has 1 heterocycles. The molecule has 18 heavy (non-hydrogen) atoms. The van der Waals surface area contributed by atoms with Crippen LogP contribution in [0.5, 0.6) is 0 Å². The lowest BCUT2D eigenvalue weighted by Gasteiger charge is -2.25. The topological polar surface area (TPSA) is 25.8 Å². The third kappa shape index (κ3) is 3.05. The van der Waals surface area contributed by atoms with Gasteiger partial charge in [0, 0.05) is 5.92 Å². The monoisotopic (exact) mass is 330 g/mol. The summed E-state index contributed by atoms with van der Waals surface area (Å²) in [6, 6.07) is 0. The first-order valence-electron chi connectivity index (χ1n) is 6.71. The highest BCUT2D eigenvalue weighted by atomic mass is 79.9. The van der Waals surface area contributed by atoms with Crippen LogP contribution in [0, 0.1) is 5.92 Å². The van der Waals surface area contributed by atoms with Gasteiger partial charge in [-0.15, -0.1) is 0 Å². The number of halogens is 2. The first-order valence-corrected chi connectivity index (χ1v) is 7.89. The van der Waals surface area contributed by atoms with E-state index in [1.54, 1.807) is 0 Å². The van der Waals surface area contributed by atoms with Crippen LogP contribution in [-0.4, -0.2) is 9.97 Å². The Kier molecular flexibility index (Phi) is 4.65. The van der Waals surface area contributed by atoms with Crippen molar-refractivity contribution in [2.24, 2.45) is 5.92 Å². The van der Waals surface area contributed by atoms with Crippen LogP contribution < -0.4 is 0 Å². The Morgan fingerprint density at radius 1 is 1.17 bits per heavy atom. The first kappa shape index (κ1) is 14.3. The van der Waals surface area contributed by atoms with E-state index in [2.05, 4.69) is 41.7 Å². The fourth-order valence-electron chi connectivity index (χ4n) is 2.54. The van der Waals surface area contributed by atoms with Crippen molar-refractivity contribution in [3.63, 3.8) is 0 Å². The Labute approximate surface area is 123 Å². The van der Waals surface area contributed by atoms with E-state index in [-0.39, 0.29) is 0 Å². The van der Waals surface area contributed by atoms with E-state index in [4.69, 9.17) is 16.6 Å². The van der Waals surface area contributed by atoms with Crippen molar-refractivity contribution >= 4 is 27.5 Å². The van der Waals surface area contributed by atoms with Crippen LogP contribution in [0.1, 0.15) is 69.8 Å². The van der Waals surface area contributed by atoms with Gasteiger partial charge >= 0.3 is 0 Å². The standard InChI is InChI=1S/C14H20BrClN2/c1-8(2)12-11(15)13(16)18-14(17-12)10-6-4-9(3)5-7-10/h8-10H,4-7H2,1-3H3. The van der Waals surface area contributed by atoms with Gasteiger partial charge in [-0.3, -0.25) is 0 Å². The SMILES string of the molecule is CC1CCC(c2nc(Cl)c(Br)c(C(C)C)n2)CC1. The van der Waals surface area contributed by atoms with Gasteiger partial charge in [0.2, 0.25) is 0 Å². The maximum Gasteiger partial charge on any atom is 0.147 e. The van der Waals surface area contributed by atoms with Gasteiger partial charge in [-0.25, -0.2) is 9.97 Å². The molecule has 0 atom stereocenters. The maximum atomic E-state index is 6.21. The molecule has 0 aromatic carbocycles. The Hall–Kier alpha value is -0.150. The summed E-state index contributed by atoms with van der Waals surface area (Å²) >= 11 is 9.70. The van der Waals surface area contributed by atoms with E-state index >= 15 is 0 Å². The molecular weight excluding hydrogens is 312 g/mol. The maximum absolute atomic E-state index is 6.21. The van der Waals surface area contributed by atoms with Crippen LogP contribution in [0.2, 0.25) is 5.15 Å². The average Bonchev–Trinajstić information content (AvgIpc) is 2.33. The molecule has 1 aromatic heterocycles. The molecule has 0 aliphatic heterocycles. The minimum absolute atomic E-state index is 0.362. The summed E-state index contributed by atoms with van der Waals surface area (Å²) in [5, 5.41) is 0.558. The Bertz CT molecular complexity index is 426. The van der Waals surface area contributed by atoms with Crippen molar-refractivity contribution in [2.75, 3.05) is 0 Å². The van der Waals surface area contributed by atoms with Crippen LogP contribution in [0.4, 0.5) is 0 Å². The fourth-order valence-corrected chi connectivity index (χ4v) is 3.35. The zero-order chi connectivity index (χ0) is 13.3. The quantitative estimate of drug-likeness (QED) is 0.686. The van der Waals surface area contributed by atoms with E-state index in [9.17, 15) is 0 Å². The molecule has 1 aliphatic carbocycles. The number of rotatable bonds is 2. The van der Waals surface area contributed by atoms with Gasteiger partial charge < -0.3 is 0 Å². The predicted octanol–water partition coefficient (Wildman–Crippen LogP) is 5.31. The van der Waals surface area contributed by atoms with Crippen molar-refractivity contribution < 1.29 is 0 Å². The molecule has 1 fully saturated rings. The lowest BCUT2D eigenvalue weighted by molar-refractivity contribution is 0.339. The number of nitrogens with zero attached hydrogens (tertiary/aromatic N) is 2. The molecule has 0 amide bonds. The van der Waals surface area contributed by atoms with Gasteiger partial charge in [-0.05, 0) is 40.6 Å². The smallest absolute Gasteiger partial charge is 0.147 e. The highest BCUT2D eigenvalue weighted by molar-refractivity contribution is 9.10. The molecule has 2 nitrogen and oxygen atoms in total. The lowest BCUT2D eigenvalue weighted by Crippen LogP contribution is -2.15. The van der Waals surface area contributed by atoms with Crippen LogP contribution >= 0.6 is 27.5 Å². The van der Waals surface area contributed by atoms with E-state index in [0.717, 1.165) is 21.9 Å². The van der Waals surface area contributed by atoms with Gasteiger partial charge in [0.15, 0.2) is 0 Å². The highest BCUT2D eigenvalue weighted by Gasteiger charge is 2.24. The van der Waals surface area contributed by atoms with Gasteiger partial charge in [-0.2, -0.15) is 0 Å². The van der Waals surface area contributed by atoms with Crippen LogP contribution in [-0.2, 0) is 0 Å². The number of aromatic nitrogens is 2.